The number of rotatable bonds is 7. The molecule has 90 valence electrons. The Kier molecular flexibility index (Phi) is 7.54. The van der Waals surface area contributed by atoms with Crippen LogP contribution in [0.5, 0.6) is 0 Å². The van der Waals surface area contributed by atoms with E-state index < -0.39 is 0 Å². The zero-order valence-corrected chi connectivity index (χ0v) is 11.1. The molecule has 0 saturated carbocycles. The van der Waals surface area contributed by atoms with E-state index in [1.165, 1.54) is 64.6 Å². The molecule has 0 aromatic carbocycles. The highest BCUT2D eigenvalue weighted by Crippen LogP contribution is 2.20. The molecule has 1 fully saturated rings. The predicted octanol–water partition coefficient (Wildman–Crippen LogP) is 3.60. The monoisotopic (exact) mass is 229 g/mol. The van der Waals surface area contributed by atoms with Crippen molar-refractivity contribution in [3.05, 3.63) is 0 Å². The van der Waals surface area contributed by atoms with Crippen LogP contribution in [0.1, 0.15) is 51.9 Å². The molecule has 0 aliphatic carbocycles. The van der Waals surface area contributed by atoms with Gasteiger partial charge in [-0.1, -0.05) is 26.2 Å². The van der Waals surface area contributed by atoms with Crippen molar-refractivity contribution in [2.45, 2.75) is 51.9 Å². The molecule has 1 heterocycles. The Morgan fingerprint density at radius 2 is 1.73 bits per heavy atom. The molecule has 1 aliphatic heterocycles. The molecule has 0 aromatic heterocycles. The summed E-state index contributed by atoms with van der Waals surface area (Å²) in [5.74, 6) is 2.08. The van der Waals surface area contributed by atoms with Crippen LogP contribution < -0.4 is 0 Å². The first kappa shape index (κ1) is 13.4. The number of nitrogens with zero attached hydrogens (tertiary/aromatic N) is 1. The SMILES string of the molecule is CCC1CCN(CCCCCCS)CC1. The molecule has 0 N–H and O–H groups in total. The predicted molar refractivity (Wildman–Crippen MR) is 71.8 cm³/mol. The molecule has 0 aromatic rings. The lowest BCUT2D eigenvalue weighted by Crippen LogP contribution is -2.34. The third kappa shape index (κ3) is 5.82. The summed E-state index contributed by atoms with van der Waals surface area (Å²) >= 11 is 4.23. The largest absolute Gasteiger partial charge is 0.303 e. The molecule has 1 aliphatic rings. The summed E-state index contributed by atoms with van der Waals surface area (Å²) in [4.78, 5) is 2.66. The number of likely N-dealkylation sites (tertiary alicyclic amines) is 1. The van der Waals surface area contributed by atoms with Gasteiger partial charge in [0.05, 0.1) is 0 Å². The Hall–Kier alpha value is 0.310. The second kappa shape index (κ2) is 8.46. The number of piperidine rings is 1. The van der Waals surface area contributed by atoms with Crippen molar-refractivity contribution in [3.8, 4) is 0 Å². The van der Waals surface area contributed by atoms with Gasteiger partial charge in [0.2, 0.25) is 0 Å². The second-order valence-electron chi connectivity index (χ2n) is 4.83. The van der Waals surface area contributed by atoms with Gasteiger partial charge in [0.25, 0.3) is 0 Å². The van der Waals surface area contributed by atoms with Crippen LogP contribution in [0.3, 0.4) is 0 Å². The van der Waals surface area contributed by atoms with Crippen LogP contribution in [-0.4, -0.2) is 30.3 Å². The van der Waals surface area contributed by atoms with Crippen molar-refractivity contribution in [2.75, 3.05) is 25.4 Å². The Morgan fingerprint density at radius 3 is 2.33 bits per heavy atom. The van der Waals surface area contributed by atoms with E-state index in [0.29, 0.717) is 0 Å². The summed E-state index contributed by atoms with van der Waals surface area (Å²) in [5.41, 5.74) is 0. The summed E-state index contributed by atoms with van der Waals surface area (Å²) in [6.07, 6.45) is 9.71. The van der Waals surface area contributed by atoms with Crippen LogP contribution in [-0.2, 0) is 0 Å². The molecule has 0 bridgehead atoms. The van der Waals surface area contributed by atoms with Gasteiger partial charge < -0.3 is 4.90 Å². The van der Waals surface area contributed by atoms with Crippen molar-refractivity contribution >= 4 is 12.6 Å². The van der Waals surface area contributed by atoms with Crippen molar-refractivity contribution in [2.24, 2.45) is 5.92 Å². The van der Waals surface area contributed by atoms with Gasteiger partial charge in [0.1, 0.15) is 0 Å². The van der Waals surface area contributed by atoms with Crippen molar-refractivity contribution in [3.63, 3.8) is 0 Å². The summed E-state index contributed by atoms with van der Waals surface area (Å²) in [5, 5.41) is 0. The van der Waals surface area contributed by atoms with Gasteiger partial charge in [-0.15, -0.1) is 0 Å². The lowest BCUT2D eigenvalue weighted by Gasteiger charge is -2.31. The zero-order chi connectivity index (χ0) is 10.9. The molecule has 1 saturated heterocycles. The van der Waals surface area contributed by atoms with E-state index in [-0.39, 0.29) is 0 Å². The topological polar surface area (TPSA) is 3.24 Å². The molecule has 0 radical (unpaired) electrons. The van der Waals surface area contributed by atoms with Crippen molar-refractivity contribution in [1.82, 2.24) is 4.90 Å². The highest BCUT2D eigenvalue weighted by molar-refractivity contribution is 7.80. The van der Waals surface area contributed by atoms with Gasteiger partial charge in [-0.05, 0) is 57.0 Å². The number of hydrogen-bond donors (Lipinski definition) is 1. The molecular weight excluding hydrogens is 202 g/mol. The fourth-order valence-electron chi connectivity index (χ4n) is 2.42. The molecule has 0 unspecified atom stereocenters. The zero-order valence-electron chi connectivity index (χ0n) is 10.2. The maximum atomic E-state index is 4.23. The van der Waals surface area contributed by atoms with Crippen LogP contribution in [0.25, 0.3) is 0 Å². The minimum absolute atomic E-state index is 1.02. The van der Waals surface area contributed by atoms with Gasteiger partial charge in [-0.2, -0.15) is 12.6 Å². The summed E-state index contributed by atoms with van der Waals surface area (Å²) in [6.45, 7) is 6.37. The van der Waals surface area contributed by atoms with E-state index >= 15 is 0 Å². The van der Waals surface area contributed by atoms with Gasteiger partial charge in [-0.25, -0.2) is 0 Å². The summed E-state index contributed by atoms with van der Waals surface area (Å²) in [7, 11) is 0. The molecule has 15 heavy (non-hydrogen) atoms. The molecule has 1 nitrogen and oxygen atoms in total. The summed E-state index contributed by atoms with van der Waals surface area (Å²) < 4.78 is 0. The number of hydrogen-bond acceptors (Lipinski definition) is 2. The standard InChI is InChI=1S/C13H27NS/c1-2-13-7-10-14(11-8-13)9-5-3-4-6-12-15/h13,15H,2-12H2,1H3. The van der Waals surface area contributed by atoms with E-state index in [1.54, 1.807) is 0 Å². The number of unbranched alkanes of at least 4 members (excludes halogenated alkanes) is 3. The van der Waals surface area contributed by atoms with Crippen LogP contribution in [0.15, 0.2) is 0 Å². The van der Waals surface area contributed by atoms with Crippen molar-refractivity contribution < 1.29 is 0 Å². The van der Waals surface area contributed by atoms with Crippen molar-refractivity contribution in [1.29, 1.82) is 0 Å². The molecular formula is C13H27NS. The first-order chi connectivity index (χ1) is 7.36. The van der Waals surface area contributed by atoms with Gasteiger partial charge in [0, 0.05) is 0 Å². The fraction of sp³-hybridized carbons (Fsp3) is 1.00. The molecule has 0 spiro atoms. The van der Waals surface area contributed by atoms with Crippen LogP contribution in [0.2, 0.25) is 0 Å². The van der Waals surface area contributed by atoms with Gasteiger partial charge in [-0.3, -0.25) is 0 Å². The molecule has 0 amide bonds. The van der Waals surface area contributed by atoms with E-state index in [1.807, 2.05) is 0 Å². The minimum Gasteiger partial charge on any atom is -0.303 e. The highest BCUT2D eigenvalue weighted by Gasteiger charge is 2.16. The van der Waals surface area contributed by atoms with Crippen LogP contribution >= 0.6 is 12.6 Å². The minimum atomic E-state index is 1.02. The lowest BCUT2D eigenvalue weighted by atomic mass is 9.94. The Morgan fingerprint density at radius 1 is 1.07 bits per heavy atom. The Balaban J connectivity index is 1.94. The fourth-order valence-corrected chi connectivity index (χ4v) is 2.64. The molecule has 2 heteroatoms. The maximum absolute atomic E-state index is 4.23. The summed E-state index contributed by atoms with van der Waals surface area (Å²) in [6, 6.07) is 0. The van der Waals surface area contributed by atoms with Crippen LogP contribution in [0.4, 0.5) is 0 Å². The lowest BCUT2D eigenvalue weighted by molar-refractivity contribution is 0.179. The highest BCUT2D eigenvalue weighted by atomic mass is 32.1. The third-order valence-corrected chi connectivity index (χ3v) is 3.98. The first-order valence-corrected chi connectivity index (χ1v) is 7.33. The van der Waals surface area contributed by atoms with E-state index in [0.717, 1.165) is 11.7 Å². The Labute approximate surface area is 101 Å². The maximum Gasteiger partial charge on any atom is -0.00161 e. The van der Waals surface area contributed by atoms with Gasteiger partial charge >= 0.3 is 0 Å². The smallest absolute Gasteiger partial charge is 0.00161 e. The van der Waals surface area contributed by atoms with E-state index in [2.05, 4.69) is 24.5 Å². The van der Waals surface area contributed by atoms with Gasteiger partial charge in [0.15, 0.2) is 0 Å². The van der Waals surface area contributed by atoms with Crippen LogP contribution in [0, 0.1) is 5.92 Å². The average Bonchev–Trinajstić information content (AvgIpc) is 2.30. The van der Waals surface area contributed by atoms with E-state index in [4.69, 9.17) is 0 Å². The average molecular weight is 229 g/mol. The number of thiol groups is 1. The third-order valence-electron chi connectivity index (χ3n) is 3.67. The second-order valence-corrected chi connectivity index (χ2v) is 5.28. The Bertz CT molecular complexity index is 141. The molecule has 0 atom stereocenters. The van der Waals surface area contributed by atoms with E-state index in [9.17, 15) is 0 Å². The quantitative estimate of drug-likeness (QED) is 0.516. The normalized spacial score (nSPS) is 19.6. The first-order valence-electron chi connectivity index (χ1n) is 6.70. The molecule has 1 rings (SSSR count).